The van der Waals surface area contributed by atoms with Crippen molar-refractivity contribution in [1.82, 2.24) is 5.32 Å². The zero-order valence-electron chi connectivity index (χ0n) is 13.4. The zero-order valence-corrected chi connectivity index (χ0v) is 14.2. The number of amides is 1. The highest BCUT2D eigenvalue weighted by molar-refractivity contribution is 7.80. The van der Waals surface area contributed by atoms with Crippen molar-refractivity contribution in [2.45, 2.75) is 0 Å². The van der Waals surface area contributed by atoms with Gasteiger partial charge in [-0.05, 0) is 36.5 Å². The molecule has 6 heteroatoms. The predicted molar refractivity (Wildman–Crippen MR) is 99.4 cm³/mol. The molecule has 0 aliphatic heterocycles. The largest absolute Gasteiger partial charge is 0.497 e. The molecule has 0 heterocycles. The number of ether oxygens (including phenoxy) is 2. The van der Waals surface area contributed by atoms with Crippen molar-refractivity contribution in [1.29, 1.82) is 0 Å². The second-order valence-corrected chi connectivity index (χ2v) is 5.16. The first-order valence-electron chi connectivity index (χ1n) is 7.19. The molecule has 2 rings (SSSR count). The van der Waals surface area contributed by atoms with Gasteiger partial charge >= 0.3 is 0 Å². The monoisotopic (exact) mass is 342 g/mol. The summed E-state index contributed by atoms with van der Waals surface area (Å²) in [7, 11) is 3.17. The van der Waals surface area contributed by atoms with E-state index >= 15 is 0 Å². The average Bonchev–Trinajstić information content (AvgIpc) is 2.60. The summed E-state index contributed by atoms with van der Waals surface area (Å²) in [5.74, 6) is 1.06. The van der Waals surface area contributed by atoms with Crippen molar-refractivity contribution in [2.75, 3.05) is 19.5 Å². The second kappa shape index (κ2) is 8.69. The summed E-state index contributed by atoms with van der Waals surface area (Å²) in [5, 5.41) is 5.72. The van der Waals surface area contributed by atoms with Crippen LogP contribution in [0.4, 0.5) is 5.69 Å². The van der Waals surface area contributed by atoms with Gasteiger partial charge in [-0.1, -0.05) is 24.3 Å². The number of thiocarbonyl (C=S) groups is 1. The van der Waals surface area contributed by atoms with E-state index in [0.29, 0.717) is 11.5 Å². The van der Waals surface area contributed by atoms with Crippen molar-refractivity contribution >= 4 is 35.0 Å². The standard InChI is InChI=1S/C18H18N2O3S/c1-22-15-8-5-7-14(12-15)19-18(24)20-17(21)11-10-13-6-3-4-9-16(13)23-2/h3-12H,1-2H3,(H2,19,20,21,24). The van der Waals surface area contributed by atoms with E-state index in [9.17, 15) is 4.79 Å². The predicted octanol–water partition coefficient (Wildman–Crippen LogP) is 3.23. The van der Waals surface area contributed by atoms with Crippen LogP contribution in [-0.4, -0.2) is 25.2 Å². The quantitative estimate of drug-likeness (QED) is 0.645. The van der Waals surface area contributed by atoms with Crippen LogP contribution in [0.25, 0.3) is 6.08 Å². The lowest BCUT2D eigenvalue weighted by Gasteiger charge is -2.09. The summed E-state index contributed by atoms with van der Waals surface area (Å²) < 4.78 is 10.4. The summed E-state index contributed by atoms with van der Waals surface area (Å²) in [6.45, 7) is 0. The molecule has 0 radical (unpaired) electrons. The molecule has 0 unspecified atom stereocenters. The van der Waals surface area contributed by atoms with Gasteiger partial charge in [0.05, 0.1) is 14.2 Å². The fourth-order valence-corrected chi connectivity index (χ4v) is 2.20. The third-order valence-electron chi connectivity index (χ3n) is 3.12. The molecule has 0 aromatic heterocycles. The molecule has 0 saturated heterocycles. The number of nitrogens with one attached hydrogen (secondary N) is 2. The Balaban J connectivity index is 1.94. The van der Waals surface area contributed by atoms with Crippen LogP contribution in [0.15, 0.2) is 54.6 Å². The normalized spacial score (nSPS) is 10.2. The molecule has 2 aromatic rings. The molecule has 0 atom stereocenters. The van der Waals surface area contributed by atoms with Gasteiger partial charge < -0.3 is 14.8 Å². The number of para-hydroxylation sites is 1. The van der Waals surface area contributed by atoms with Gasteiger partial charge in [0.25, 0.3) is 0 Å². The lowest BCUT2D eigenvalue weighted by Crippen LogP contribution is -2.32. The fourth-order valence-electron chi connectivity index (χ4n) is 1.99. The van der Waals surface area contributed by atoms with Crippen molar-refractivity contribution in [3.05, 3.63) is 60.2 Å². The van der Waals surface area contributed by atoms with Gasteiger partial charge in [-0.25, -0.2) is 0 Å². The molecule has 0 aliphatic carbocycles. The molecule has 0 fully saturated rings. The molecule has 5 nitrogen and oxygen atoms in total. The number of methoxy groups -OCH3 is 2. The maximum atomic E-state index is 11.9. The van der Waals surface area contributed by atoms with Crippen LogP contribution in [-0.2, 0) is 4.79 Å². The van der Waals surface area contributed by atoms with Crippen LogP contribution in [0.2, 0.25) is 0 Å². The van der Waals surface area contributed by atoms with Gasteiger partial charge in [0.1, 0.15) is 11.5 Å². The Morgan fingerprint density at radius 2 is 1.88 bits per heavy atom. The highest BCUT2D eigenvalue weighted by Gasteiger charge is 2.03. The second-order valence-electron chi connectivity index (χ2n) is 4.75. The number of carbonyl (C=O) groups is 1. The van der Waals surface area contributed by atoms with E-state index in [1.54, 1.807) is 26.4 Å². The van der Waals surface area contributed by atoms with Gasteiger partial charge in [-0.2, -0.15) is 0 Å². The molecule has 124 valence electrons. The highest BCUT2D eigenvalue weighted by atomic mass is 32.1. The number of hydrogen-bond donors (Lipinski definition) is 2. The Labute approximate surface area is 146 Å². The first-order chi connectivity index (χ1) is 11.6. The molecule has 0 aliphatic rings. The van der Waals surface area contributed by atoms with Gasteiger partial charge in [0.15, 0.2) is 5.11 Å². The Morgan fingerprint density at radius 3 is 2.62 bits per heavy atom. The van der Waals surface area contributed by atoms with Crippen LogP contribution in [0, 0.1) is 0 Å². The van der Waals surface area contributed by atoms with E-state index < -0.39 is 0 Å². The number of benzene rings is 2. The molecule has 2 aromatic carbocycles. The number of anilines is 1. The summed E-state index contributed by atoms with van der Waals surface area (Å²) in [6, 6.07) is 14.7. The van der Waals surface area contributed by atoms with Crippen molar-refractivity contribution < 1.29 is 14.3 Å². The average molecular weight is 342 g/mol. The molecule has 0 spiro atoms. The number of hydrogen-bond acceptors (Lipinski definition) is 4. The maximum Gasteiger partial charge on any atom is 0.250 e. The van der Waals surface area contributed by atoms with Crippen LogP contribution in [0.1, 0.15) is 5.56 Å². The molecule has 0 bridgehead atoms. The number of carbonyl (C=O) groups excluding carboxylic acids is 1. The zero-order chi connectivity index (χ0) is 17.4. The topological polar surface area (TPSA) is 59.6 Å². The van der Waals surface area contributed by atoms with E-state index in [-0.39, 0.29) is 11.0 Å². The van der Waals surface area contributed by atoms with E-state index in [2.05, 4.69) is 10.6 Å². The third-order valence-corrected chi connectivity index (χ3v) is 3.32. The lowest BCUT2D eigenvalue weighted by atomic mass is 10.2. The molecule has 0 saturated carbocycles. The molecular weight excluding hydrogens is 324 g/mol. The summed E-state index contributed by atoms with van der Waals surface area (Å²) >= 11 is 5.13. The smallest absolute Gasteiger partial charge is 0.250 e. The maximum absolute atomic E-state index is 11.9. The molecular formula is C18H18N2O3S. The van der Waals surface area contributed by atoms with Gasteiger partial charge in [0, 0.05) is 23.4 Å². The Kier molecular flexibility index (Phi) is 6.33. The lowest BCUT2D eigenvalue weighted by molar-refractivity contribution is -0.115. The minimum atomic E-state index is -0.332. The summed E-state index contributed by atoms with van der Waals surface area (Å²) in [5.41, 5.74) is 1.54. The van der Waals surface area contributed by atoms with Crippen molar-refractivity contribution in [2.24, 2.45) is 0 Å². The van der Waals surface area contributed by atoms with Crippen LogP contribution in [0.5, 0.6) is 11.5 Å². The SMILES string of the molecule is COc1cccc(NC(=S)NC(=O)C=Cc2ccccc2OC)c1. The summed E-state index contributed by atoms with van der Waals surface area (Å²) in [4.78, 5) is 11.9. The highest BCUT2D eigenvalue weighted by Crippen LogP contribution is 2.18. The van der Waals surface area contributed by atoms with Gasteiger partial charge in [-0.3, -0.25) is 10.1 Å². The first kappa shape index (κ1) is 17.5. The Morgan fingerprint density at radius 1 is 1.08 bits per heavy atom. The third kappa shape index (κ3) is 5.10. The van der Waals surface area contributed by atoms with E-state index in [0.717, 1.165) is 11.3 Å². The van der Waals surface area contributed by atoms with Crippen LogP contribution in [0.3, 0.4) is 0 Å². The van der Waals surface area contributed by atoms with E-state index in [1.165, 1.54) is 6.08 Å². The van der Waals surface area contributed by atoms with Crippen molar-refractivity contribution in [3.63, 3.8) is 0 Å². The number of rotatable bonds is 5. The Bertz CT molecular complexity index is 759. The molecule has 1 amide bonds. The fraction of sp³-hybridized carbons (Fsp3) is 0.111. The minimum Gasteiger partial charge on any atom is -0.497 e. The van der Waals surface area contributed by atoms with Crippen LogP contribution >= 0.6 is 12.2 Å². The Hall–Kier alpha value is -2.86. The summed E-state index contributed by atoms with van der Waals surface area (Å²) in [6.07, 6.45) is 3.07. The van der Waals surface area contributed by atoms with Gasteiger partial charge in [-0.15, -0.1) is 0 Å². The first-order valence-corrected chi connectivity index (χ1v) is 7.60. The van der Waals surface area contributed by atoms with E-state index in [1.807, 2.05) is 42.5 Å². The van der Waals surface area contributed by atoms with Crippen molar-refractivity contribution in [3.8, 4) is 11.5 Å². The minimum absolute atomic E-state index is 0.206. The molecule has 24 heavy (non-hydrogen) atoms. The van der Waals surface area contributed by atoms with E-state index in [4.69, 9.17) is 21.7 Å². The van der Waals surface area contributed by atoms with Crippen LogP contribution < -0.4 is 20.1 Å². The van der Waals surface area contributed by atoms with Gasteiger partial charge in [0.2, 0.25) is 5.91 Å². The molecule has 2 N–H and O–H groups in total.